The number of thiophene rings is 2. The Morgan fingerprint density at radius 3 is 2.24 bits per heavy atom. The molecule has 0 radical (unpaired) electrons. The molecule has 0 aromatic carbocycles. The third kappa shape index (κ3) is 7.92. The van der Waals surface area contributed by atoms with Crippen LogP contribution in [0.15, 0.2) is 44.7 Å². The Bertz CT molecular complexity index is 1640. The Morgan fingerprint density at radius 2 is 1.67 bits per heavy atom. The quantitative estimate of drug-likeness (QED) is 0.0442. The smallest absolute Gasteiger partial charge is 0.377 e. The topological polar surface area (TPSA) is 279 Å². The van der Waals surface area contributed by atoms with E-state index in [0.717, 1.165) is 44.0 Å². The second-order valence-electron chi connectivity index (χ2n) is 6.98. The van der Waals surface area contributed by atoms with Gasteiger partial charge in [-0.15, -0.1) is 22.7 Å². The van der Waals surface area contributed by atoms with E-state index in [0.29, 0.717) is 6.08 Å². The lowest BCUT2D eigenvalue weighted by atomic mass is 10.3. The largest absolute Gasteiger partial charge is 0.501 e. The van der Waals surface area contributed by atoms with Crippen LogP contribution in [-0.2, 0) is 28.6 Å². The molecular formula is C21H18N6O13S2. The molecule has 222 valence electrons. The highest BCUT2D eigenvalue weighted by atomic mass is 32.1. The first-order valence-corrected chi connectivity index (χ1v) is 12.4. The maximum atomic E-state index is 11.5. The fourth-order valence-electron chi connectivity index (χ4n) is 2.60. The van der Waals surface area contributed by atoms with Gasteiger partial charge in [-0.05, 0) is 10.8 Å². The summed E-state index contributed by atoms with van der Waals surface area (Å²) in [4.78, 5) is 76.5. The molecule has 19 nitrogen and oxygen atoms in total. The molecule has 3 aromatic heterocycles. The van der Waals surface area contributed by atoms with Crippen LogP contribution < -0.4 is 11.3 Å². The highest BCUT2D eigenvalue weighted by Gasteiger charge is 2.24. The number of nitrogens with one attached hydrogen (secondary N) is 1. The molecule has 0 fully saturated rings. The van der Waals surface area contributed by atoms with E-state index in [1.165, 1.54) is 22.9 Å². The van der Waals surface area contributed by atoms with E-state index in [2.05, 4.69) is 29.3 Å². The minimum Gasteiger partial charge on any atom is -0.501 e. The number of esters is 3. The Morgan fingerprint density at radius 1 is 1.05 bits per heavy atom. The third-order valence-electron chi connectivity index (χ3n) is 4.48. The number of nitro groups is 2. The Hall–Kier alpha value is -5.70. The van der Waals surface area contributed by atoms with Crippen molar-refractivity contribution in [2.24, 2.45) is 10.9 Å². The van der Waals surface area contributed by atoms with E-state index in [1.807, 2.05) is 0 Å². The van der Waals surface area contributed by atoms with Crippen molar-refractivity contribution in [1.29, 1.82) is 0 Å². The molecule has 4 N–H and O–H groups in total. The number of aromatic hydroxyl groups is 1. The van der Waals surface area contributed by atoms with Crippen LogP contribution in [0.3, 0.4) is 0 Å². The van der Waals surface area contributed by atoms with Crippen molar-refractivity contribution >= 4 is 57.8 Å². The Kier molecular flexibility index (Phi) is 11.3. The number of carbonyl (C=O) groups is 3. The monoisotopic (exact) mass is 626 g/mol. The summed E-state index contributed by atoms with van der Waals surface area (Å²) in [7, 11) is 3.21. The van der Waals surface area contributed by atoms with Crippen LogP contribution in [0.2, 0.25) is 0 Å². The first kappa shape index (κ1) is 32.5. The van der Waals surface area contributed by atoms with Gasteiger partial charge in [0.1, 0.15) is 4.88 Å². The van der Waals surface area contributed by atoms with Crippen LogP contribution in [0, 0.1) is 20.2 Å². The van der Waals surface area contributed by atoms with Crippen LogP contribution in [0.4, 0.5) is 11.4 Å². The average molecular weight is 627 g/mol. The zero-order valence-corrected chi connectivity index (χ0v) is 23.0. The maximum Gasteiger partial charge on any atom is 0.377 e. The molecule has 0 atom stereocenters. The molecule has 42 heavy (non-hydrogen) atoms. The number of aromatic nitrogens is 2. The summed E-state index contributed by atoms with van der Waals surface area (Å²) in [6.07, 6.45) is 0.700. The molecule has 3 rings (SSSR count). The number of methoxy groups -OCH3 is 3. The third-order valence-corrected chi connectivity index (χ3v) is 6.32. The molecule has 0 saturated carbocycles. The number of nitrogens with zero attached hydrogens (tertiary/aromatic N) is 4. The van der Waals surface area contributed by atoms with Crippen molar-refractivity contribution < 1.29 is 48.4 Å². The Balaban J connectivity index is 0.000000294. The second kappa shape index (κ2) is 14.6. The summed E-state index contributed by atoms with van der Waals surface area (Å²) < 4.78 is 13.1. The van der Waals surface area contributed by atoms with Crippen molar-refractivity contribution in [3.8, 4) is 16.5 Å². The number of H-pyrrole nitrogens is 1. The predicted molar refractivity (Wildman–Crippen MR) is 143 cm³/mol. The van der Waals surface area contributed by atoms with Gasteiger partial charge in [0.05, 0.1) is 37.3 Å². The number of nitrogens with two attached hydrogens (primary N) is 1. The van der Waals surface area contributed by atoms with E-state index >= 15 is 0 Å². The molecule has 3 heterocycles. The van der Waals surface area contributed by atoms with Crippen LogP contribution in [-0.4, -0.2) is 70.0 Å². The normalized spacial score (nSPS) is 11.0. The van der Waals surface area contributed by atoms with Crippen molar-refractivity contribution in [2.45, 2.75) is 0 Å². The van der Waals surface area contributed by atoms with E-state index in [9.17, 15) is 44.5 Å². The van der Waals surface area contributed by atoms with Gasteiger partial charge >= 0.3 is 17.9 Å². The van der Waals surface area contributed by atoms with E-state index in [1.54, 1.807) is 0 Å². The van der Waals surface area contributed by atoms with Crippen LogP contribution in [0.5, 0.6) is 5.75 Å². The number of aromatic amines is 1. The van der Waals surface area contributed by atoms with Crippen molar-refractivity contribution in [1.82, 2.24) is 9.97 Å². The molecule has 21 heteroatoms. The zero-order valence-electron chi connectivity index (χ0n) is 21.4. The van der Waals surface area contributed by atoms with Gasteiger partial charge in [-0.2, -0.15) is 0 Å². The molecule has 0 unspecified atom stereocenters. The molecule has 0 aliphatic carbocycles. The summed E-state index contributed by atoms with van der Waals surface area (Å²) in [6.45, 7) is 0. The molecule has 0 amide bonds. The molecule has 0 aliphatic heterocycles. The van der Waals surface area contributed by atoms with Gasteiger partial charge in [-0.1, -0.05) is 5.16 Å². The highest BCUT2D eigenvalue weighted by Crippen LogP contribution is 2.33. The SMILES string of the molecule is COC(=O)C=C(O/N=C(\N)c1sccc1[N+](=O)[O-])C(=O)OC.COC(=O)c1nc(-c2sccc2[N+](=O)[O-])[nH]c(=O)c1O. The average Bonchev–Trinajstić information content (AvgIpc) is 3.66. The van der Waals surface area contributed by atoms with Gasteiger partial charge in [0, 0.05) is 12.1 Å². The minimum absolute atomic E-state index is 0.0484. The zero-order chi connectivity index (χ0) is 31.6. The van der Waals surface area contributed by atoms with Gasteiger partial charge in [0.25, 0.3) is 16.9 Å². The molecular weight excluding hydrogens is 608 g/mol. The molecule has 3 aromatic rings. The number of ether oxygens (including phenoxy) is 3. The summed E-state index contributed by atoms with van der Waals surface area (Å²) in [5.41, 5.74) is 3.45. The molecule has 0 spiro atoms. The number of amidine groups is 1. The first-order valence-electron chi connectivity index (χ1n) is 10.6. The second-order valence-corrected chi connectivity index (χ2v) is 8.81. The lowest BCUT2D eigenvalue weighted by Crippen LogP contribution is -2.16. The lowest BCUT2D eigenvalue weighted by Gasteiger charge is -2.03. The number of carbonyl (C=O) groups excluding carboxylic acids is 3. The number of rotatable bonds is 9. The van der Waals surface area contributed by atoms with Crippen LogP contribution >= 0.6 is 22.7 Å². The molecule has 0 bridgehead atoms. The fraction of sp³-hybridized carbons (Fsp3) is 0.143. The summed E-state index contributed by atoms with van der Waals surface area (Å²) in [6, 6.07) is 2.48. The first-order chi connectivity index (χ1) is 19.9. The molecule has 0 aliphatic rings. The number of hydrogen-bond acceptors (Lipinski definition) is 17. The lowest BCUT2D eigenvalue weighted by molar-refractivity contribution is -0.384. The van der Waals surface area contributed by atoms with Gasteiger partial charge in [0.2, 0.25) is 11.5 Å². The van der Waals surface area contributed by atoms with Crippen molar-refractivity contribution in [3.05, 3.63) is 75.9 Å². The van der Waals surface area contributed by atoms with E-state index in [-0.39, 0.29) is 32.8 Å². The fourth-order valence-corrected chi connectivity index (χ4v) is 4.16. The summed E-state index contributed by atoms with van der Waals surface area (Å²) >= 11 is 1.93. The Labute approximate surface area is 240 Å². The van der Waals surface area contributed by atoms with Crippen LogP contribution in [0.1, 0.15) is 15.4 Å². The van der Waals surface area contributed by atoms with Gasteiger partial charge in [-0.3, -0.25) is 25.0 Å². The number of oxime groups is 1. The predicted octanol–water partition coefficient (Wildman–Crippen LogP) is 1.42. The van der Waals surface area contributed by atoms with Gasteiger partial charge in [-0.25, -0.2) is 19.4 Å². The van der Waals surface area contributed by atoms with E-state index < -0.39 is 50.5 Å². The van der Waals surface area contributed by atoms with Crippen LogP contribution in [0.25, 0.3) is 10.7 Å². The van der Waals surface area contributed by atoms with Gasteiger partial charge in [0.15, 0.2) is 22.2 Å². The number of hydrogen-bond donors (Lipinski definition) is 3. The standard InChI is InChI=1S/C11H11N3O7S.C10H7N3O6S/c1-19-8(15)5-7(11(16)20-2)21-13-10(12)9-6(14(17)18)3-4-22-9;1-19-10(16)5-6(14)9(15)12-8(11-5)7-4(13(17)18)2-3-20-7/h3-5H,1-2H3,(H2,12,13);2-3,14H,1H3,(H,11,12,15). The highest BCUT2D eigenvalue weighted by molar-refractivity contribution is 7.14. The van der Waals surface area contributed by atoms with E-state index in [4.69, 9.17) is 10.6 Å². The summed E-state index contributed by atoms with van der Waals surface area (Å²) in [5, 5.41) is 37.4. The van der Waals surface area contributed by atoms with Crippen molar-refractivity contribution in [2.75, 3.05) is 21.3 Å². The minimum atomic E-state index is -1.02. The maximum absolute atomic E-state index is 11.5. The summed E-state index contributed by atoms with van der Waals surface area (Å²) in [5.74, 6) is -4.90. The molecule has 0 saturated heterocycles. The van der Waals surface area contributed by atoms with Crippen molar-refractivity contribution in [3.63, 3.8) is 0 Å². The van der Waals surface area contributed by atoms with Gasteiger partial charge < -0.3 is 34.9 Å².